The van der Waals surface area contributed by atoms with Crippen molar-refractivity contribution < 1.29 is 29.0 Å². The van der Waals surface area contributed by atoms with Gasteiger partial charge in [-0.1, -0.05) is 11.6 Å². The van der Waals surface area contributed by atoms with Crippen LogP contribution >= 0.6 is 11.6 Å². The highest BCUT2D eigenvalue weighted by Crippen LogP contribution is 2.36. The summed E-state index contributed by atoms with van der Waals surface area (Å²) in [7, 11) is 1.49. The summed E-state index contributed by atoms with van der Waals surface area (Å²) in [6, 6.07) is 8.17. The quantitative estimate of drug-likeness (QED) is 0.573. The van der Waals surface area contributed by atoms with Crippen LogP contribution in [0.4, 0.5) is 10.5 Å². The SMILES string of the molecule is CCOc1cc(/C=C2\C(=O)NC(=O)N(c3ccc(OC)cc3)C2=O)cc(Cl)c1O. The van der Waals surface area contributed by atoms with Gasteiger partial charge in [-0.3, -0.25) is 14.9 Å². The van der Waals surface area contributed by atoms with E-state index in [0.29, 0.717) is 11.3 Å². The van der Waals surface area contributed by atoms with E-state index >= 15 is 0 Å². The number of ether oxygens (including phenoxy) is 2. The number of hydrogen-bond donors (Lipinski definition) is 2. The van der Waals surface area contributed by atoms with Crippen LogP contribution < -0.4 is 19.7 Å². The third kappa shape index (κ3) is 4.02. The normalized spacial score (nSPS) is 15.5. The number of nitrogens with zero attached hydrogens (tertiary/aromatic N) is 1. The summed E-state index contributed by atoms with van der Waals surface area (Å²) in [6.07, 6.45) is 1.27. The van der Waals surface area contributed by atoms with Gasteiger partial charge in [0.2, 0.25) is 0 Å². The van der Waals surface area contributed by atoms with E-state index in [-0.39, 0.29) is 34.4 Å². The maximum Gasteiger partial charge on any atom is 0.335 e. The highest BCUT2D eigenvalue weighted by atomic mass is 35.5. The Labute approximate surface area is 171 Å². The molecule has 0 unspecified atom stereocenters. The lowest BCUT2D eigenvalue weighted by Crippen LogP contribution is -2.54. The first-order valence-corrected chi connectivity index (χ1v) is 8.94. The molecule has 0 spiro atoms. The fraction of sp³-hybridized carbons (Fsp3) is 0.150. The van der Waals surface area contributed by atoms with Crippen molar-refractivity contribution in [2.75, 3.05) is 18.6 Å². The number of carbonyl (C=O) groups is 3. The van der Waals surface area contributed by atoms with Gasteiger partial charge in [0.25, 0.3) is 11.8 Å². The minimum absolute atomic E-state index is 0.00504. The lowest BCUT2D eigenvalue weighted by atomic mass is 10.1. The molecular formula is C20H17ClN2O6. The van der Waals surface area contributed by atoms with Crippen molar-refractivity contribution in [2.45, 2.75) is 6.92 Å². The van der Waals surface area contributed by atoms with Crippen LogP contribution in [0.3, 0.4) is 0 Å². The first-order chi connectivity index (χ1) is 13.8. The third-order valence-corrected chi connectivity index (χ3v) is 4.38. The monoisotopic (exact) mass is 416 g/mol. The minimum atomic E-state index is -0.860. The summed E-state index contributed by atoms with van der Waals surface area (Å²) in [5.41, 5.74) is 0.342. The predicted octanol–water partition coefficient (Wildman–Crippen LogP) is 3.12. The van der Waals surface area contributed by atoms with Crippen molar-refractivity contribution in [1.29, 1.82) is 0 Å². The van der Waals surface area contributed by atoms with Gasteiger partial charge in [-0.15, -0.1) is 0 Å². The Morgan fingerprint density at radius 1 is 1.17 bits per heavy atom. The minimum Gasteiger partial charge on any atom is -0.503 e. The lowest BCUT2D eigenvalue weighted by molar-refractivity contribution is -0.122. The van der Waals surface area contributed by atoms with Crippen LogP contribution in [0.5, 0.6) is 17.2 Å². The van der Waals surface area contributed by atoms with Crippen molar-refractivity contribution in [1.82, 2.24) is 5.32 Å². The van der Waals surface area contributed by atoms with E-state index in [1.54, 1.807) is 19.1 Å². The molecule has 0 bridgehead atoms. The molecule has 29 heavy (non-hydrogen) atoms. The van der Waals surface area contributed by atoms with E-state index in [1.807, 2.05) is 0 Å². The molecule has 0 aliphatic carbocycles. The number of phenolic OH excluding ortho intramolecular Hbond substituents is 1. The van der Waals surface area contributed by atoms with Crippen LogP contribution in [-0.4, -0.2) is 36.7 Å². The van der Waals surface area contributed by atoms with Gasteiger partial charge in [-0.05, 0) is 55.0 Å². The van der Waals surface area contributed by atoms with Crippen LogP contribution in [0, 0.1) is 0 Å². The molecule has 1 heterocycles. The smallest absolute Gasteiger partial charge is 0.335 e. The molecule has 0 atom stereocenters. The molecule has 1 aliphatic heterocycles. The number of nitrogens with one attached hydrogen (secondary N) is 1. The molecule has 0 aromatic heterocycles. The van der Waals surface area contributed by atoms with Gasteiger partial charge in [-0.25, -0.2) is 9.69 Å². The largest absolute Gasteiger partial charge is 0.503 e. The molecule has 4 amide bonds. The molecule has 2 aromatic rings. The molecule has 2 N–H and O–H groups in total. The fourth-order valence-electron chi connectivity index (χ4n) is 2.73. The van der Waals surface area contributed by atoms with Crippen molar-refractivity contribution in [2.24, 2.45) is 0 Å². The Bertz CT molecular complexity index is 1020. The number of anilines is 1. The van der Waals surface area contributed by atoms with E-state index in [2.05, 4.69) is 5.32 Å². The Balaban J connectivity index is 2.01. The summed E-state index contributed by atoms with van der Waals surface area (Å²) in [6.45, 7) is 2.01. The maximum absolute atomic E-state index is 12.9. The van der Waals surface area contributed by atoms with Crippen molar-refractivity contribution in [3.8, 4) is 17.2 Å². The van der Waals surface area contributed by atoms with E-state index in [1.165, 1.54) is 37.5 Å². The highest BCUT2D eigenvalue weighted by Gasteiger charge is 2.36. The fourth-order valence-corrected chi connectivity index (χ4v) is 2.95. The van der Waals surface area contributed by atoms with Crippen LogP contribution in [0.1, 0.15) is 12.5 Å². The summed E-state index contributed by atoms with van der Waals surface area (Å²) in [5, 5.41) is 12.1. The number of urea groups is 1. The predicted molar refractivity (Wildman–Crippen MR) is 106 cm³/mol. The molecule has 8 nitrogen and oxygen atoms in total. The van der Waals surface area contributed by atoms with Crippen molar-refractivity contribution in [3.05, 3.63) is 52.6 Å². The maximum atomic E-state index is 12.9. The zero-order chi connectivity index (χ0) is 21.1. The van der Waals surface area contributed by atoms with Gasteiger partial charge in [0, 0.05) is 0 Å². The van der Waals surface area contributed by atoms with E-state index in [9.17, 15) is 19.5 Å². The number of phenols is 1. The van der Waals surface area contributed by atoms with Crippen LogP contribution in [-0.2, 0) is 9.59 Å². The number of amides is 4. The average Bonchev–Trinajstić information content (AvgIpc) is 2.69. The van der Waals surface area contributed by atoms with E-state index in [0.717, 1.165) is 4.90 Å². The van der Waals surface area contributed by atoms with Crippen LogP contribution in [0.2, 0.25) is 5.02 Å². The highest BCUT2D eigenvalue weighted by molar-refractivity contribution is 6.39. The van der Waals surface area contributed by atoms with E-state index < -0.39 is 17.8 Å². The molecule has 150 valence electrons. The number of benzene rings is 2. The Hall–Kier alpha value is -3.52. The number of imide groups is 2. The standard InChI is InChI=1S/C20H17ClN2O6/c1-3-29-16-10-11(9-15(21)17(16)24)8-14-18(25)22-20(27)23(19(14)26)12-4-6-13(28-2)7-5-12/h4-10,24H,3H2,1-2H3,(H,22,25,27)/b14-8+. The van der Waals surface area contributed by atoms with Crippen LogP contribution in [0.25, 0.3) is 6.08 Å². The van der Waals surface area contributed by atoms with Gasteiger partial charge in [0.1, 0.15) is 11.3 Å². The zero-order valence-electron chi connectivity index (χ0n) is 15.6. The topological polar surface area (TPSA) is 105 Å². The van der Waals surface area contributed by atoms with Gasteiger partial charge in [0.15, 0.2) is 11.5 Å². The Morgan fingerprint density at radius 3 is 2.48 bits per heavy atom. The van der Waals surface area contributed by atoms with Gasteiger partial charge < -0.3 is 14.6 Å². The van der Waals surface area contributed by atoms with Crippen LogP contribution in [0.15, 0.2) is 42.0 Å². The second kappa shape index (κ2) is 8.24. The first-order valence-electron chi connectivity index (χ1n) is 8.56. The summed E-state index contributed by atoms with van der Waals surface area (Å²) in [4.78, 5) is 38.3. The molecule has 0 radical (unpaired) electrons. The second-order valence-electron chi connectivity index (χ2n) is 5.94. The van der Waals surface area contributed by atoms with Gasteiger partial charge in [-0.2, -0.15) is 0 Å². The number of halogens is 1. The number of methoxy groups -OCH3 is 1. The number of rotatable bonds is 5. The van der Waals surface area contributed by atoms with Gasteiger partial charge >= 0.3 is 6.03 Å². The molecular weight excluding hydrogens is 400 g/mol. The first kappa shape index (κ1) is 20.2. The van der Waals surface area contributed by atoms with Gasteiger partial charge in [0.05, 0.1) is 24.4 Å². The summed E-state index contributed by atoms with van der Waals surface area (Å²) in [5.74, 6) is -1.23. The number of carbonyl (C=O) groups excluding carboxylic acids is 3. The van der Waals surface area contributed by atoms with Crippen molar-refractivity contribution in [3.63, 3.8) is 0 Å². The number of aromatic hydroxyl groups is 1. The summed E-state index contributed by atoms with van der Waals surface area (Å²) < 4.78 is 10.4. The Morgan fingerprint density at radius 2 is 1.86 bits per heavy atom. The molecule has 2 aromatic carbocycles. The van der Waals surface area contributed by atoms with Crippen molar-refractivity contribution >= 4 is 41.2 Å². The average molecular weight is 417 g/mol. The molecule has 1 aliphatic rings. The lowest BCUT2D eigenvalue weighted by Gasteiger charge is -2.26. The third-order valence-electron chi connectivity index (χ3n) is 4.09. The Kier molecular flexibility index (Phi) is 5.74. The molecule has 9 heteroatoms. The molecule has 1 fully saturated rings. The molecule has 3 rings (SSSR count). The molecule has 1 saturated heterocycles. The zero-order valence-corrected chi connectivity index (χ0v) is 16.3. The summed E-state index contributed by atoms with van der Waals surface area (Å²) >= 11 is 6.00. The molecule has 0 saturated carbocycles. The second-order valence-corrected chi connectivity index (χ2v) is 6.35. The van der Waals surface area contributed by atoms with E-state index in [4.69, 9.17) is 21.1 Å². The number of barbiturate groups is 1. The number of hydrogen-bond acceptors (Lipinski definition) is 6.